The van der Waals surface area contributed by atoms with E-state index in [1.807, 2.05) is 37.3 Å². The lowest BCUT2D eigenvalue weighted by molar-refractivity contribution is -0.116. The first-order valence-electron chi connectivity index (χ1n) is 8.61. The molecule has 134 valence electrons. The number of aromatic nitrogens is 2. The molecule has 2 N–H and O–H groups in total. The second kappa shape index (κ2) is 9.49. The lowest BCUT2D eigenvalue weighted by Crippen LogP contribution is -2.28. The number of carbonyl (C=O) groups excluding carboxylic acids is 1. The van der Waals surface area contributed by atoms with Crippen molar-refractivity contribution in [2.45, 2.75) is 32.6 Å². The summed E-state index contributed by atoms with van der Waals surface area (Å²) in [6.45, 7) is 4.10. The van der Waals surface area contributed by atoms with Crippen LogP contribution in [0.4, 0.5) is 5.69 Å². The molecule has 1 aromatic carbocycles. The summed E-state index contributed by atoms with van der Waals surface area (Å²) in [5, 5.41) is 6.33. The number of benzene rings is 1. The van der Waals surface area contributed by atoms with E-state index in [2.05, 4.69) is 20.6 Å². The van der Waals surface area contributed by atoms with Crippen molar-refractivity contribution in [3.05, 3.63) is 42.2 Å². The molecule has 0 atom stereocenters. The van der Waals surface area contributed by atoms with Gasteiger partial charge in [-0.1, -0.05) is 0 Å². The molecule has 1 amide bonds. The Labute approximate surface area is 155 Å². The number of amides is 1. The molecule has 1 aliphatic rings. The summed E-state index contributed by atoms with van der Waals surface area (Å²) >= 11 is 0. The van der Waals surface area contributed by atoms with E-state index in [9.17, 15) is 4.79 Å². The average Bonchev–Trinajstić information content (AvgIpc) is 2.61. The van der Waals surface area contributed by atoms with Crippen molar-refractivity contribution in [3.8, 4) is 11.4 Å². The van der Waals surface area contributed by atoms with Crippen LogP contribution >= 0.6 is 12.4 Å². The third-order valence-electron chi connectivity index (χ3n) is 4.46. The topological polar surface area (TPSA) is 66.9 Å². The van der Waals surface area contributed by atoms with Crippen molar-refractivity contribution in [1.82, 2.24) is 15.3 Å². The largest absolute Gasteiger partial charge is 0.326 e. The molecule has 2 heterocycles. The van der Waals surface area contributed by atoms with Crippen molar-refractivity contribution in [1.29, 1.82) is 0 Å². The Hall–Kier alpha value is -1.98. The van der Waals surface area contributed by atoms with Crippen molar-refractivity contribution < 1.29 is 4.79 Å². The highest BCUT2D eigenvalue weighted by atomic mass is 35.5. The average molecular weight is 361 g/mol. The van der Waals surface area contributed by atoms with E-state index < -0.39 is 0 Å². The Morgan fingerprint density at radius 1 is 1.20 bits per heavy atom. The van der Waals surface area contributed by atoms with Gasteiger partial charge in [0.1, 0.15) is 0 Å². The summed E-state index contributed by atoms with van der Waals surface area (Å²) < 4.78 is 0. The molecule has 0 bridgehead atoms. The van der Waals surface area contributed by atoms with E-state index in [1.165, 1.54) is 12.8 Å². The molecule has 0 radical (unpaired) electrons. The van der Waals surface area contributed by atoms with E-state index in [-0.39, 0.29) is 18.3 Å². The summed E-state index contributed by atoms with van der Waals surface area (Å²) in [6, 6.07) is 9.57. The molecule has 1 saturated heterocycles. The number of nitrogens with one attached hydrogen (secondary N) is 2. The van der Waals surface area contributed by atoms with Crippen LogP contribution in [0.2, 0.25) is 0 Å². The molecule has 0 spiro atoms. The maximum Gasteiger partial charge on any atom is 0.224 e. The van der Waals surface area contributed by atoms with E-state index in [4.69, 9.17) is 0 Å². The standard InChI is InChI=1S/C19H24N4O.ClH/c1-14-8-13-21-19(22-14)16-3-5-17(6-4-16)23-18(24)7-2-15-9-11-20-12-10-15;/h3-6,8,13,15,20H,2,7,9-12H2,1H3,(H,23,24);1H. The van der Waals surface area contributed by atoms with Crippen molar-refractivity contribution in [2.24, 2.45) is 5.92 Å². The number of anilines is 1. The molecule has 0 aliphatic carbocycles. The third kappa shape index (κ3) is 5.80. The van der Waals surface area contributed by atoms with Gasteiger partial charge in [0.05, 0.1) is 0 Å². The van der Waals surface area contributed by atoms with Crippen LogP contribution in [0.1, 0.15) is 31.4 Å². The minimum absolute atomic E-state index is 0. The van der Waals surface area contributed by atoms with Crippen molar-refractivity contribution in [2.75, 3.05) is 18.4 Å². The number of nitrogens with zero attached hydrogens (tertiary/aromatic N) is 2. The zero-order valence-corrected chi connectivity index (χ0v) is 15.3. The predicted molar refractivity (Wildman–Crippen MR) is 103 cm³/mol. The van der Waals surface area contributed by atoms with Gasteiger partial charge in [0.2, 0.25) is 5.91 Å². The summed E-state index contributed by atoms with van der Waals surface area (Å²) in [6.07, 6.45) is 5.68. The number of hydrogen-bond donors (Lipinski definition) is 2. The first-order valence-corrected chi connectivity index (χ1v) is 8.61. The first kappa shape index (κ1) is 19.3. The molecule has 5 nitrogen and oxygen atoms in total. The first-order chi connectivity index (χ1) is 11.7. The minimum atomic E-state index is 0. The van der Waals surface area contributed by atoms with Gasteiger partial charge >= 0.3 is 0 Å². The van der Waals surface area contributed by atoms with Gasteiger partial charge in [0, 0.05) is 29.6 Å². The fourth-order valence-electron chi connectivity index (χ4n) is 3.02. The summed E-state index contributed by atoms with van der Waals surface area (Å²) in [5.74, 6) is 1.48. The van der Waals surface area contributed by atoms with E-state index in [1.54, 1.807) is 6.20 Å². The highest BCUT2D eigenvalue weighted by Crippen LogP contribution is 2.20. The van der Waals surface area contributed by atoms with Gasteiger partial charge in [-0.05, 0) is 75.5 Å². The number of halogens is 1. The molecular weight excluding hydrogens is 336 g/mol. The minimum Gasteiger partial charge on any atom is -0.326 e. The number of rotatable bonds is 5. The molecule has 1 aliphatic heterocycles. The van der Waals surface area contributed by atoms with Crippen LogP contribution in [0.25, 0.3) is 11.4 Å². The fourth-order valence-corrected chi connectivity index (χ4v) is 3.02. The van der Waals surface area contributed by atoms with Crippen LogP contribution in [0.3, 0.4) is 0 Å². The molecule has 0 unspecified atom stereocenters. The number of aryl methyl sites for hydroxylation is 1. The Balaban J connectivity index is 0.00000225. The van der Waals surface area contributed by atoms with Crippen LogP contribution in [0.15, 0.2) is 36.5 Å². The molecule has 6 heteroatoms. The molecule has 1 fully saturated rings. The predicted octanol–water partition coefficient (Wildman–Crippen LogP) is 3.59. The highest BCUT2D eigenvalue weighted by molar-refractivity contribution is 5.90. The van der Waals surface area contributed by atoms with Gasteiger partial charge < -0.3 is 10.6 Å². The van der Waals surface area contributed by atoms with Crippen molar-refractivity contribution >= 4 is 24.0 Å². The highest BCUT2D eigenvalue weighted by Gasteiger charge is 2.14. The van der Waals surface area contributed by atoms with Crippen LogP contribution in [0, 0.1) is 12.8 Å². The molecule has 1 aromatic heterocycles. The number of hydrogen-bond acceptors (Lipinski definition) is 4. The van der Waals surface area contributed by atoms with Crippen LogP contribution in [-0.4, -0.2) is 29.0 Å². The molecule has 25 heavy (non-hydrogen) atoms. The van der Waals surface area contributed by atoms with Gasteiger partial charge in [0.15, 0.2) is 5.82 Å². The van der Waals surface area contributed by atoms with E-state index in [0.29, 0.717) is 18.2 Å². The van der Waals surface area contributed by atoms with Crippen LogP contribution < -0.4 is 10.6 Å². The SMILES string of the molecule is Cc1ccnc(-c2ccc(NC(=O)CCC3CCNCC3)cc2)n1.Cl. The maximum atomic E-state index is 12.1. The number of carbonyl (C=O) groups is 1. The maximum absolute atomic E-state index is 12.1. The van der Waals surface area contributed by atoms with Gasteiger partial charge in [-0.2, -0.15) is 0 Å². The van der Waals surface area contributed by atoms with Gasteiger partial charge in [-0.15, -0.1) is 12.4 Å². The van der Waals surface area contributed by atoms with Gasteiger partial charge in [-0.25, -0.2) is 9.97 Å². The second-order valence-electron chi connectivity index (χ2n) is 6.38. The number of piperidine rings is 1. The molecular formula is C19H25ClN4O. The Bertz CT molecular complexity index is 684. The Morgan fingerprint density at radius 2 is 1.92 bits per heavy atom. The lowest BCUT2D eigenvalue weighted by atomic mass is 9.93. The summed E-state index contributed by atoms with van der Waals surface area (Å²) in [7, 11) is 0. The Kier molecular flexibility index (Phi) is 7.34. The molecule has 0 saturated carbocycles. The fraction of sp³-hybridized carbons (Fsp3) is 0.421. The zero-order valence-electron chi connectivity index (χ0n) is 14.5. The third-order valence-corrected chi connectivity index (χ3v) is 4.46. The molecule has 3 rings (SSSR count). The normalized spacial score (nSPS) is 14.6. The van der Waals surface area contributed by atoms with Crippen molar-refractivity contribution in [3.63, 3.8) is 0 Å². The van der Waals surface area contributed by atoms with Gasteiger partial charge in [0.25, 0.3) is 0 Å². The van der Waals surface area contributed by atoms with E-state index in [0.717, 1.165) is 36.5 Å². The Morgan fingerprint density at radius 3 is 2.60 bits per heavy atom. The molecule has 2 aromatic rings. The van der Waals surface area contributed by atoms with Crippen LogP contribution in [0.5, 0.6) is 0 Å². The smallest absolute Gasteiger partial charge is 0.224 e. The monoisotopic (exact) mass is 360 g/mol. The summed E-state index contributed by atoms with van der Waals surface area (Å²) in [4.78, 5) is 20.8. The lowest BCUT2D eigenvalue weighted by Gasteiger charge is -2.22. The quantitative estimate of drug-likeness (QED) is 0.855. The second-order valence-corrected chi connectivity index (χ2v) is 6.38. The van der Waals surface area contributed by atoms with E-state index >= 15 is 0 Å². The van der Waals surface area contributed by atoms with Gasteiger partial charge in [-0.3, -0.25) is 4.79 Å². The summed E-state index contributed by atoms with van der Waals surface area (Å²) in [5.41, 5.74) is 2.71. The zero-order chi connectivity index (χ0) is 16.8. The van der Waals surface area contributed by atoms with Crippen LogP contribution in [-0.2, 0) is 4.79 Å².